The Bertz CT molecular complexity index is 4040. The number of primary sulfonamides is 1. The molecule has 12 rings (SSSR count). The van der Waals surface area contributed by atoms with Crippen molar-refractivity contribution in [2.75, 3.05) is 13.1 Å². The minimum atomic E-state index is -3.89. The fourth-order valence-corrected chi connectivity index (χ4v) is 16.4. The molecule has 540 valence electrons. The largest absolute Gasteiger partial charge is 0.479 e. The molecule has 10 atom stereocenters. The first-order valence-electron chi connectivity index (χ1n) is 33.4. The number of carbonyl (C=O) groups is 8. The van der Waals surface area contributed by atoms with Gasteiger partial charge >= 0.3 is 18.2 Å². The summed E-state index contributed by atoms with van der Waals surface area (Å²) in [6, 6.07) is 4.24. The Labute approximate surface area is 580 Å². The maximum Gasteiger partial charge on any atom is 0.408 e. The lowest BCUT2D eigenvalue weighted by molar-refractivity contribution is -0.145. The number of hydrogen-bond acceptors (Lipinski definition) is 20. The van der Waals surface area contributed by atoms with Gasteiger partial charge in [0.2, 0.25) is 43.7 Å². The van der Waals surface area contributed by atoms with Gasteiger partial charge in [0.15, 0.2) is 0 Å². The molecular weight excluding hydrogens is 1370 g/mol. The molecule has 4 aromatic rings. The first-order chi connectivity index (χ1) is 46.6. The highest BCUT2D eigenvalue weighted by atomic mass is 32.2. The van der Waals surface area contributed by atoms with Crippen molar-refractivity contribution in [1.29, 1.82) is 0 Å². The van der Waals surface area contributed by atoms with Gasteiger partial charge in [-0.05, 0) is 155 Å². The third kappa shape index (κ3) is 19.3. The van der Waals surface area contributed by atoms with E-state index in [9.17, 15) is 69.1 Å². The molecule has 0 unspecified atom stereocenters. The zero-order chi connectivity index (χ0) is 71.6. The van der Waals surface area contributed by atoms with Gasteiger partial charge in [-0.1, -0.05) is 72.7 Å². The second-order valence-electron chi connectivity index (χ2n) is 28.5. The zero-order valence-electron chi connectivity index (χ0n) is 55.9. The van der Waals surface area contributed by atoms with E-state index < -0.39 is 149 Å². The molecule has 6 fully saturated rings. The predicted molar refractivity (Wildman–Crippen MR) is 361 cm³/mol. The maximum atomic E-state index is 14.3. The van der Waals surface area contributed by atoms with Crippen LogP contribution in [0.25, 0.3) is 20.4 Å². The number of thiazole rings is 2. The lowest BCUT2D eigenvalue weighted by Crippen LogP contribution is -2.58. The number of hydrogen-bond donors (Lipinski definition) is 7. The zero-order valence-corrected chi connectivity index (χ0v) is 59.2. The Morgan fingerprint density at radius 2 is 1.05 bits per heavy atom. The van der Waals surface area contributed by atoms with Crippen LogP contribution in [0.2, 0.25) is 0 Å². The smallest absolute Gasteiger partial charge is 0.408 e. The average Bonchev–Trinajstić information content (AvgIpc) is 1.58. The van der Waals surface area contributed by atoms with Crippen LogP contribution >= 0.6 is 22.7 Å². The summed E-state index contributed by atoms with van der Waals surface area (Å²) in [6.45, 7) is 10.3. The number of sulfonamides is 2. The summed E-state index contributed by atoms with van der Waals surface area (Å²) in [7, 11) is -7.02. The first kappa shape index (κ1) is 74.1. The summed E-state index contributed by atoms with van der Waals surface area (Å²) in [6.07, 6.45) is 14.2. The molecule has 0 bridgehead atoms. The van der Waals surface area contributed by atoms with Gasteiger partial charge < -0.3 is 55.1 Å². The van der Waals surface area contributed by atoms with Crippen LogP contribution in [-0.4, -0.2) is 172 Å². The number of aromatic nitrogens is 2. The molecule has 2 aromatic carbocycles. The lowest BCUT2D eigenvalue weighted by Gasteiger charge is -2.30. The van der Waals surface area contributed by atoms with Gasteiger partial charge in [-0.15, -0.1) is 0 Å². The van der Waals surface area contributed by atoms with Crippen LogP contribution in [0.5, 0.6) is 10.4 Å². The Morgan fingerprint density at radius 1 is 0.626 bits per heavy atom. The molecule has 8 N–H and O–H groups in total. The minimum Gasteiger partial charge on any atom is -0.479 e. The fourth-order valence-electron chi connectivity index (χ4n) is 12.4. The van der Waals surface area contributed by atoms with Crippen LogP contribution in [-0.2, 0) is 58.3 Å². The number of carboxylic acids is 1. The van der Waals surface area contributed by atoms with E-state index in [-0.39, 0.29) is 60.3 Å². The van der Waals surface area contributed by atoms with Crippen LogP contribution in [0.15, 0.2) is 60.7 Å². The van der Waals surface area contributed by atoms with E-state index in [1.807, 2.05) is 24.3 Å². The number of fused-ring (bicyclic) bond motifs is 6. The van der Waals surface area contributed by atoms with Gasteiger partial charge in [0, 0.05) is 24.7 Å². The summed E-state index contributed by atoms with van der Waals surface area (Å²) in [5.74, 6) is -5.78. The number of nitrogens with one attached hydrogen (secondary N) is 5. The number of alkyl carbamates (subject to hydrolysis) is 2. The van der Waals surface area contributed by atoms with Gasteiger partial charge in [-0.25, -0.2) is 55.1 Å². The van der Waals surface area contributed by atoms with Gasteiger partial charge in [-0.3, -0.25) is 28.7 Å². The molecule has 4 saturated carbocycles. The Morgan fingerprint density at radius 3 is 1.45 bits per heavy atom. The van der Waals surface area contributed by atoms with E-state index in [4.69, 9.17) is 24.1 Å². The SMILES string of the molecule is CC(C)(C)OC(=O)N[C@H]1CCCCC/C=C\[C@@H]2C[C@@]2(C(=O)NS(=O)(=O)C2CC2)NC(=O)[C@@H]2C[C@@H](Oc3nc4ccc(F)cc4s3)CN2C1=O.CC(C)(C)OC(=O)N[C@H]1CCCCC/C=C\[C@@H]2C[C@@]2(C(=O)O)NC(=O)[C@@H]2C[C@@H](Oc3nc4ccc(F)cc4s3)CN2C1=O.NS(=O)(=O)C1CC1. The van der Waals surface area contributed by atoms with Crippen LogP contribution in [0.1, 0.15) is 157 Å². The highest BCUT2D eigenvalue weighted by Gasteiger charge is 2.63. The number of halogens is 2. The predicted octanol–water partition coefficient (Wildman–Crippen LogP) is 7.27. The highest BCUT2D eigenvalue weighted by molar-refractivity contribution is 7.91. The van der Waals surface area contributed by atoms with Crippen molar-refractivity contribution in [3.63, 3.8) is 0 Å². The van der Waals surface area contributed by atoms with E-state index in [0.29, 0.717) is 65.4 Å². The first-order valence-corrected chi connectivity index (χ1v) is 38.2. The number of ether oxygens (including phenoxy) is 4. The normalized spacial score (nSPS) is 28.4. The number of nitrogens with zero attached hydrogens (tertiary/aromatic N) is 4. The molecule has 0 radical (unpaired) electrons. The van der Waals surface area contributed by atoms with Crippen molar-refractivity contribution < 1.29 is 88.0 Å². The van der Waals surface area contributed by atoms with Gasteiger partial charge in [0.25, 0.3) is 16.3 Å². The van der Waals surface area contributed by atoms with Crippen molar-refractivity contribution in [2.24, 2.45) is 17.0 Å². The number of nitrogens with two attached hydrogens (primary N) is 1. The number of aliphatic carboxylic acids is 1. The molecule has 0 spiro atoms. The third-order valence-corrected chi connectivity index (χ3v) is 23.1. The number of carboxylic acid groups (broad SMARTS) is 1. The average molecular weight is 1460 g/mol. The Kier molecular flexibility index (Phi) is 22.4. The number of benzene rings is 2. The van der Waals surface area contributed by atoms with Crippen LogP contribution in [0, 0.1) is 23.5 Å². The summed E-state index contributed by atoms with van der Waals surface area (Å²) in [5, 5.41) is 25.3. The number of carbonyl (C=O) groups excluding carboxylic acids is 7. The highest BCUT2D eigenvalue weighted by Crippen LogP contribution is 2.47. The molecule has 33 heteroatoms. The second kappa shape index (κ2) is 29.9. The maximum absolute atomic E-state index is 14.3. The Balaban J connectivity index is 0.000000196. The minimum absolute atomic E-state index is 0.0110. The van der Waals surface area contributed by atoms with Crippen LogP contribution < -0.4 is 40.6 Å². The molecule has 99 heavy (non-hydrogen) atoms. The van der Waals surface area contributed by atoms with Crippen molar-refractivity contribution in [3.8, 4) is 10.4 Å². The standard InChI is InChI=1S/C33H42FN5O8S2.C30H37FN4O7S.C3H7NO2S/c1-32(2,3)47-30(43)35-24-10-8-6-4-5-7-9-19-17-33(19,29(42)38-49(44,45)22-12-13-22)37-27(40)25-16-21(18-39(25)28(24)41)46-31-36-23-14-11-20(34)15-26(23)48-31;1-29(2,3)42-27(40)32-21-10-8-6-4-5-7-9-17-15-30(17,26(38)39)34-24(36)22-14-19(16-35(22)25(21)37)41-28-33-20-12-11-18(31)13-23(20)43-28;4-7(5,6)3-1-2-3/h7,9,11,14-15,19,21-22,24-25H,4-6,8,10,12-13,16-18H2,1-3H3,(H,35,43)(H,37,40)(H,38,42);7,9,11-13,17,19,21-22H,4-6,8,10,14-16H2,1-3H3,(H,32,40)(H,34,36)(H,38,39);3H,1-2H2,(H2,4,5,6)/b2*9-7-;/t19-,21-,24+,25+,33-;17-,19-,21+,22+,30-;/m11./s1. The molecule has 4 aliphatic carbocycles. The summed E-state index contributed by atoms with van der Waals surface area (Å²) < 4.78 is 99.8. The van der Waals surface area contributed by atoms with E-state index in [1.54, 1.807) is 47.6 Å². The molecule has 7 amide bonds. The van der Waals surface area contributed by atoms with Gasteiger partial charge in [0.1, 0.15) is 70.3 Å². The molecule has 4 aliphatic heterocycles. The molecular formula is C66H86F2N10O17S4. The Hall–Kier alpha value is -7.62. The van der Waals surface area contributed by atoms with Crippen molar-refractivity contribution in [1.82, 2.24) is 45.8 Å². The molecule has 8 aliphatic rings. The molecule has 27 nitrogen and oxygen atoms in total. The van der Waals surface area contributed by atoms with Crippen LogP contribution in [0.4, 0.5) is 18.4 Å². The number of allylic oxidation sites excluding steroid dienone is 2. The summed E-state index contributed by atoms with van der Waals surface area (Å²) in [4.78, 5) is 119. The number of amides is 7. The van der Waals surface area contributed by atoms with E-state index in [0.717, 1.165) is 67.6 Å². The lowest BCUT2D eigenvalue weighted by atomic mass is 10.0. The van der Waals surface area contributed by atoms with E-state index >= 15 is 0 Å². The monoisotopic (exact) mass is 1460 g/mol. The topological polar surface area (TPSA) is 380 Å². The van der Waals surface area contributed by atoms with E-state index in [1.165, 1.54) is 40.1 Å². The summed E-state index contributed by atoms with van der Waals surface area (Å²) in [5.41, 5.74) is -3.44. The van der Waals surface area contributed by atoms with Gasteiger partial charge in [-0.2, -0.15) is 0 Å². The van der Waals surface area contributed by atoms with Crippen molar-refractivity contribution in [2.45, 2.75) is 226 Å². The third-order valence-electron chi connectivity index (χ3n) is 18.0. The molecule has 6 heterocycles. The summed E-state index contributed by atoms with van der Waals surface area (Å²) >= 11 is 2.28. The van der Waals surface area contributed by atoms with Gasteiger partial charge in [0.05, 0.1) is 44.0 Å². The fraction of sp³-hybridized carbons (Fsp3) is 0.606. The van der Waals surface area contributed by atoms with Crippen LogP contribution in [0.3, 0.4) is 0 Å². The number of rotatable bonds is 11. The van der Waals surface area contributed by atoms with Crippen molar-refractivity contribution in [3.05, 3.63) is 72.3 Å². The quantitative estimate of drug-likeness (QED) is 0.0725. The second-order valence-corrected chi connectivity index (χ2v) is 34.3. The van der Waals surface area contributed by atoms with E-state index in [2.05, 4.69) is 36.0 Å². The molecule has 2 aromatic heterocycles. The molecule has 2 saturated heterocycles. The van der Waals surface area contributed by atoms with Crippen molar-refractivity contribution >= 4 is 111 Å².